The molecule has 21 heavy (non-hydrogen) atoms. The van der Waals surface area contributed by atoms with Gasteiger partial charge in [0.2, 0.25) is 11.8 Å². The van der Waals surface area contributed by atoms with E-state index in [9.17, 15) is 24.6 Å². The molecule has 2 heterocycles. The molecule has 0 radical (unpaired) electrons. The molecule has 3 fully saturated rings. The molecule has 2 aliphatic heterocycles. The lowest BCUT2D eigenvalue weighted by Crippen LogP contribution is -2.51. The fourth-order valence-corrected chi connectivity index (χ4v) is 3.33. The first-order chi connectivity index (χ1) is 9.99. The summed E-state index contributed by atoms with van der Waals surface area (Å²) in [4.78, 5) is 38.9. The van der Waals surface area contributed by atoms with Crippen molar-refractivity contribution in [1.82, 2.24) is 9.80 Å². The number of nitrogens with zero attached hydrogens (tertiary/aromatic N) is 2. The molecule has 0 bridgehead atoms. The van der Waals surface area contributed by atoms with Crippen LogP contribution in [0.4, 0.5) is 0 Å². The monoisotopic (exact) mass is 296 g/mol. The van der Waals surface area contributed by atoms with Crippen LogP contribution in [0.15, 0.2) is 0 Å². The van der Waals surface area contributed by atoms with Gasteiger partial charge in [-0.15, -0.1) is 0 Å². The van der Waals surface area contributed by atoms with Crippen LogP contribution in [-0.2, 0) is 14.4 Å². The van der Waals surface area contributed by atoms with E-state index in [0.29, 0.717) is 13.0 Å². The Morgan fingerprint density at radius 2 is 1.67 bits per heavy atom. The minimum Gasteiger partial charge on any atom is -0.480 e. The van der Waals surface area contributed by atoms with Crippen LogP contribution in [0.2, 0.25) is 0 Å². The van der Waals surface area contributed by atoms with Crippen LogP contribution < -0.4 is 0 Å². The summed E-state index contributed by atoms with van der Waals surface area (Å²) in [7, 11) is 0. The number of amides is 2. The maximum absolute atomic E-state index is 12.6. The Bertz CT molecular complexity index is 476. The second kappa shape index (κ2) is 5.29. The molecule has 2 amide bonds. The summed E-state index contributed by atoms with van der Waals surface area (Å²) >= 11 is 0. The van der Waals surface area contributed by atoms with Crippen LogP contribution in [0.25, 0.3) is 0 Å². The topological polar surface area (TPSA) is 98.2 Å². The smallest absolute Gasteiger partial charge is 0.326 e. The minimum atomic E-state index is -1.10. The third-order valence-electron chi connectivity index (χ3n) is 4.59. The second-order valence-electron chi connectivity index (χ2n) is 6.20. The standard InChI is InChI=1S/C14H20N2O5/c17-9-6-11(14(20)21)16(7-9)13(19)10-2-1-5-15(10)12(18)8-3-4-8/h8-11,17H,1-7H2,(H,20,21)/t9-,10?,11-/m0/s1. The Morgan fingerprint density at radius 3 is 2.29 bits per heavy atom. The molecule has 0 aromatic carbocycles. The van der Waals surface area contributed by atoms with Crippen LogP contribution in [0, 0.1) is 5.92 Å². The molecule has 3 aliphatic rings. The zero-order valence-electron chi connectivity index (χ0n) is 11.8. The number of aliphatic carboxylic acids is 1. The first-order valence-corrected chi connectivity index (χ1v) is 7.51. The van der Waals surface area contributed by atoms with E-state index in [1.54, 1.807) is 4.90 Å². The largest absolute Gasteiger partial charge is 0.480 e. The van der Waals surface area contributed by atoms with Gasteiger partial charge in [0.05, 0.1) is 6.10 Å². The van der Waals surface area contributed by atoms with Crippen LogP contribution in [0.3, 0.4) is 0 Å². The van der Waals surface area contributed by atoms with Crippen molar-refractivity contribution in [3.05, 3.63) is 0 Å². The Balaban J connectivity index is 1.74. The van der Waals surface area contributed by atoms with Gasteiger partial charge in [-0.2, -0.15) is 0 Å². The van der Waals surface area contributed by atoms with Gasteiger partial charge in [-0.25, -0.2) is 4.79 Å². The number of aliphatic hydroxyl groups is 1. The summed E-state index contributed by atoms with van der Waals surface area (Å²) in [6, 6.07) is -1.53. The van der Waals surface area contributed by atoms with Gasteiger partial charge in [0.25, 0.3) is 0 Å². The molecular formula is C14H20N2O5. The molecule has 1 saturated carbocycles. The Kier molecular flexibility index (Phi) is 3.61. The molecule has 3 rings (SSSR count). The van der Waals surface area contributed by atoms with E-state index in [1.807, 2.05) is 0 Å². The van der Waals surface area contributed by atoms with Gasteiger partial charge in [0, 0.05) is 25.4 Å². The minimum absolute atomic E-state index is 0.0254. The van der Waals surface area contributed by atoms with Crippen LogP contribution in [-0.4, -0.2) is 69.1 Å². The highest BCUT2D eigenvalue weighted by atomic mass is 16.4. The number of aliphatic hydroxyl groups excluding tert-OH is 1. The van der Waals surface area contributed by atoms with Crippen LogP contribution >= 0.6 is 0 Å². The summed E-state index contributed by atoms with van der Waals surface area (Å²) in [5.41, 5.74) is 0. The van der Waals surface area contributed by atoms with Crippen molar-refractivity contribution in [2.45, 2.75) is 50.3 Å². The fourth-order valence-electron chi connectivity index (χ4n) is 3.33. The van der Waals surface area contributed by atoms with Gasteiger partial charge in [-0.1, -0.05) is 0 Å². The predicted molar refractivity (Wildman–Crippen MR) is 71.2 cm³/mol. The molecule has 116 valence electrons. The highest BCUT2D eigenvalue weighted by Crippen LogP contribution is 2.34. The van der Waals surface area contributed by atoms with E-state index >= 15 is 0 Å². The molecule has 3 atom stereocenters. The second-order valence-corrected chi connectivity index (χ2v) is 6.20. The van der Waals surface area contributed by atoms with Crippen molar-refractivity contribution in [3.8, 4) is 0 Å². The van der Waals surface area contributed by atoms with E-state index in [0.717, 1.165) is 19.3 Å². The van der Waals surface area contributed by atoms with Crippen LogP contribution in [0.1, 0.15) is 32.1 Å². The SMILES string of the molecule is O=C(O)[C@@H]1C[C@H](O)CN1C(=O)C1CCCN1C(=O)C1CC1. The number of rotatable bonds is 3. The third kappa shape index (κ3) is 2.62. The van der Waals surface area contributed by atoms with E-state index in [2.05, 4.69) is 0 Å². The van der Waals surface area contributed by atoms with Gasteiger partial charge in [0.1, 0.15) is 12.1 Å². The van der Waals surface area contributed by atoms with Crippen LogP contribution in [0.5, 0.6) is 0 Å². The zero-order valence-corrected chi connectivity index (χ0v) is 11.8. The first kappa shape index (κ1) is 14.3. The van der Waals surface area contributed by atoms with E-state index in [4.69, 9.17) is 0 Å². The van der Waals surface area contributed by atoms with Crippen molar-refractivity contribution in [1.29, 1.82) is 0 Å². The molecule has 7 nitrogen and oxygen atoms in total. The Morgan fingerprint density at radius 1 is 0.952 bits per heavy atom. The summed E-state index contributed by atoms with van der Waals surface area (Å²) in [5.74, 6) is -1.35. The van der Waals surface area contributed by atoms with E-state index < -0.39 is 24.2 Å². The summed E-state index contributed by atoms with van der Waals surface area (Å²) in [6.07, 6.45) is 2.38. The zero-order chi connectivity index (χ0) is 15.1. The average Bonchev–Trinajstić information content (AvgIpc) is 3.04. The predicted octanol–water partition coefficient (Wildman–Crippen LogP) is -0.566. The fraction of sp³-hybridized carbons (Fsp3) is 0.786. The molecule has 0 aromatic rings. The molecular weight excluding hydrogens is 276 g/mol. The number of carbonyl (C=O) groups excluding carboxylic acids is 2. The van der Waals surface area contributed by atoms with Gasteiger partial charge in [-0.05, 0) is 25.7 Å². The molecule has 1 aliphatic carbocycles. The van der Waals surface area contributed by atoms with Gasteiger partial charge in [0.15, 0.2) is 0 Å². The molecule has 2 saturated heterocycles. The van der Waals surface area contributed by atoms with Crippen molar-refractivity contribution < 1.29 is 24.6 Å². The molecule has 2 N–H and O–H groups in total. The number of carboxylic acid groups (broad SMARTS) is 1. The molecule has 7 heteroatoms. The Hall–Kier alpha value is -1.63. The Labute approximate surface area is 122 Å². The number of likely N-dealkylation sites (tertiary alicyclic amines) is 2. The van der Waals surface area contributed by atoms with E-state index in [-0.39, 0.29) is 30.7 Å². The van der Waals surface area contributed by atoms with Gasteiger partial charge >= 0.3 is 5.97 Å². The number of β-amino-alcohol motifs (C(OH)–C–C–N with tert-alkyl or cyclic N) is 1. The lowest BCUT2D eigenvalue weighted by atomic mass is 10.1. The van der Waals surface area contributed by atoms with Crippen molar-refractivity contribution in [2.75, 3.05) is 13.1 Å². The number of hydrogen-bond donors (Lipinski definition) is 2. The highest BCUT2D eigenvalue weighted by Gasteiger charge is 2.46. The van der Waals surface area contributed by atoms with Crippen molar-refractivity contribution >= 4 is 17.8 Å². The quantitative estimate of drug-likeness (QED) is 0.727. The van der Waals surface area contributed by atoms with Crippen molar-refractivity contribution in [2.24, 2.45) is 5.92 Å². The lowest BCUT2D eigenvalue weighted by molar-refractivity contribution is -0.152. The normalized spacial score (nSPS) is 32.5. The lowest BCUT2D eigenvalue weighted by Gasteiger charge is -2.30. The maximum atomic E-state index is 12.6. The summed E-state index contributed by atoms with van der Waals surface area (Å²) in [6.45, 7) is 0.609. The van der Waals surface area contributed by atoms with Crippen molar-refractivity contribution in [3.63, 3.8) is 0 Å². The maximum Gasteiger partial charge on any atom is 0.326 e. The molecule has 0 spiro atoms. The van der Waals surface area contributed by atoms with Gasteiger partial charge in [-0.3, -0.25) is 9.59 Å². The van der Waals surface area contributed by atoms with E-state index in [1.165, 1.54) is 4.90 Å². The molecule has 1 unspecified atom stereocenters. The number of carbonyl (C=O) groups is 3. The molecule has 0 aromatic heterocycles. The third-order valence-corrected chi connectivity index (χ3v) is 4.59. The number of hydrogen-bond acceptors (Lipinski definition) is 4. The average molecular weight is 296 g/mol. The number of carboxylic acids is 1. The highest BCUT2D eigenvalue weighted by molar-refractivity contribution is 5.92. The summed E-state index contributed by atoms with van der Waals surface area (Å²) in [5, 5.41) is 18.8. The summed E-state index contributed by atoms with van der Waals surface area (Å²) < 4.78 is 0. The van der Waals surface area contributed by atoms with Gasteiger partial charge < -0.3 is 20.0 Å². The first-order valence-electron chi connectivity index (χ1n) is 7.51.